The topological polar surface area (TPSA) is 37.0 Å². The Balaban J connectivity index is 2.71. The highest BCUT2D eigenvalue weighted by atomic mass is 16.3. The lowest BCUT2D eigenvalue weighted by molar-refractivity contribution is 0.440. The minimum atomic E-state index is 0.333. The summed E-state index contributed by atoms with van der Waals surface area (Å²) in [6.45, 7) is 0. The molecule has 0 radical (unpaired) electrons. The van der Waals surface area contributed by atoms with Crippen LogP contribution in [0.1, 0.15) is 0 Å². The monoisotopic (exact) mass is 144 g/mol. The number of hydrogen-bond donors (Lipinski definition) is 0. The molecule has 2 N–H and O–H groups in total. The smallest absolute Gasteiger partial charge is 0.324 e. The Labute approximate surface area is 63.9 Å². The summed E-state index contributed by atoms with van der Waals surface area (Å²) in [5.41, 5.74) is 4.49. The van der Waals surface area contributed by atoms with Gasteiger partial charge in [-0.15, -0.1) is 10.7 Å². The van der Waals surface area contributed by atoms with Gasteiger partial charge in [0.25, 0.3) is 6.21 Å². The lowest BCUT2D eigenvalue weighted by Crippen LogP contribution is -2.12. The standard InChI is InChI=1S/C9H5NO/c11-8-5-1-3-7-4-2-6-10-9(7)8/h1-2,4,6,11H/p+1. The van der Waals surface area contributed by atoms with E-state index >= 15 is 0 Å². The number of rotatable bonds is 0. The molecule has 2 aliphatic rings. The van der Waals surface area contributed by atoms with E-state index in [1.807, 2.05) is 12.2 Å². The van der Waals surface area contributed by atoms with E-state index < -0.39 is 0 Å². The van der Waals surface area contributed by atoms with Crippen LogP contribution in [0.15, 0.2) is 35.3 Å². The second-order valence-electron chi connectivity index (χ2n) is 2.21. The fourth-order valence-corrected chi connectivity index (χ4v) is 0.975. The first-order valence-corrected chi connectivity index (χ1v) is 3.26. The molecular formula is C9H6NO+. The van der Waals surface area contributed by atoms with E-state index in [-0.39, 0.29) is 0 Å². The van der Waals surface area contributed by atoms with Crippen LogP contribution >= 0.6 is 0 Å². The summed E-state index contributed by atoms with van der Waals surface area (Å²) in [4.78, 5) is 0. The molecule has 0 aromatic carbocycles. The Morgan fingerprint density at radius 3 is 3.27 bits per heavy atom. The average Bonchev–Trinajstić information content (AvgIpc) is 2.06. The summed E-state index contributed by atoms with van der Waals surface area (Å²) < 4.78 is 4.03. The third-order valence-electron chi connectivity index (χ3n) is 1.49. The quantitative estimate of drug-likeness (QED) is 0.193. The molecular weight excluding hydrogens is 138 g/mol. The molecule has 0 atom stereocenters. The predicted octanol–water partition coefficient (Wildman–Crippen LogP) is -0.358. The van der Waals surface area contributed by atoms with Gasteiger partial charge < -0.3 is 5.11 Å². The first-order chi connectivity index (χ1) is 5.38. The van der Waals surface area contributed by atoms with Gasteiger partial charge in [0, 0.05) is 6.08 Å². The largest absolute Gasteiger partial charge is 0.606 e. The van der Waals surface area contributed by atoms with Crippen LogP contribution in [0.2, 0.25) is 0 Å². The molecule has 11 heavy (non-hydrogen) atoms. The number of fused-ring (bicyclic) bond motifs is 1. The van der Waals surface area contributed by atoms with Crippen molar-refractivity contribution >= 4 is 11.9 Å². The summed E-state index contributed by atoms with van der Waals surface area (Å²) in [7, 11) is 0. The third-order valence-corrected chi connectivity index (χ3v) is 1.49. The van der Waals surface area contributed by atoms with Crippen LogP contribution < -0.4 is 4.67 Å². The fourth-order valence-electron chi connectivity index (χ4n) is 0.975. The summed E-state index contributed by atoms with van der Waals surface area (Å²) in [5, 5.41) is 7.43. The normalized spacial score (nSPS) is 18.7. The highest BCUT2D eigenvalue weighted by Gasteiger charge is 2.17. The predicted molar refractivity (Wildman–Crippen MR) is 44.3 cm³/mol. The second kappa shape index (κ2) is 2.14. The summed E-state index contributed by atoms with van der Waals surface area (Å²) in [6.07, 6.45) is 9.72. The van der Waals surface area contributed by atoms with Gasteiger partial charge in [-0.2, -0.15) is 0 Å². The molecule has 2 rings (SSSR count). The van der Waals surface area contributed by atoms with Gasteiger partial charge in [0.1, 0.15) is 0 Å². The van der Waals surface area contributed by atoms with Crippen molar-refractivity contribution in [1.29, 1.82) is 0 Å². The minimum Gasteiger partial charge on any atom is -0.606 e. The Morgan fingerprint density at radius 2 is 2.45 bits per heavy atom. The van der Waals surface area contributed by atoms with E-state index in [9.17, 15) is 0 Å². The maximum atomic E-state index is 7.43. The Hall–Kier alpha value is -1.75. The molecule has 0 saturated carbocycles. The van der Waals surface area contributed by atoms with Gasteiger partial charge in [-0.05, 0) is 5.57 Å². The molecule has 0 aromatic heterocycles. The van der Waals surface area contributed by atoms with Crippen molar-refractivity contribution in [1.82, 2.24) is 4.67 Å². The van der Waals surface area contributed by atoms with E-state index in [2.05, 4.69) is 16.5 Å². The maximum absolute atomic E-state index is 7.43. The van der Waals surface area contributed by atoms with Crippen molar-refractivity contribution in [2.75, 3.05) is 0 Å². The molecule has 0 amide bonds. The molecule has 2 heteroatoms. The Morgan fingerprint density at radius 1 is 1.55 bits per heavy atom. The van der Waals surface area contributed by atoms with Crippen LogP contribution in [0, 0.1) is 6.08 Å². The highest BCUT2D eigenvalue weighted by molar-refractivity contribution is 6.14. The van der Waals surface area contributed by atoms with Gasteiger partial charge in [0.2, 0.25) is 5.76 Å². The van der Waals surface area contributed by atoms with Crippen LogP contribution in [-0.2, 0) is 0 Å². The summed E-state index contributed by atoms with van der Waals surface area (Å²) >= 11 is 0. The molecule has 1 aliphatic carbocycles. The molecule has 0 aromatic rings. The Kier molecular flexibility index (Phi) is 1.16. The first-order valence-electron chi connectivity index (χ1n) is 3.26. The average molecular weight is 144 g/mol. The van der Waals surface area contributed by atoms with Crippen molar-refractivity contribution in [2.45, 2.75) is 0 Å². The number of hydrogen-bond acceptors (Lipinski definition) is 0. The van der Waals surface area contributed by atoms with Crippen molar-refractivity contribution in [3.05, 3.63) is 41.4 Å². The maximum Gasteiger partial charge on any atom is 0.324 e. The zero-order valence-electron chi connectivity index (χ0n) is 5.76. The van der Waals surface area contributed by atoms with E-state index in [0.29, 0.717) is 11.5 Å². The third kappa shape index (κ3) is 0.870. The second-order valence-corrected chi connectivity index (χ2v) is 2.21. The van der Waals surface area contributed by atoms with Gasteiger partial charge >= 0.3 is 5.71 Å². The fraction of sp³-hybridized carbons (Fsp3) is 0. The molecule has 0 saturated heterocycles. The van der Waals surface area contributed by atoms with Gasteiger partial charge in [-0.25, -0.2) is 0 Å². The molecule has 52 valence electrons. The summed E-state index contributed by atoms with van der Waals surface area (Å²) in [5.74, 6) is 0.333. The van der Waals surface area contributed by atoms with Crippen LogP contribution in [0.25, 0.3) is 0 Å². The number of allylic oxidation sites excluding steroid dienone is 4. The molecule has 0 bridgehead atoms. The van der Waals surface area contributed by atoms with E-state index in [4.69, 9.17) is 5.11 Å². The van der Waals surface area contributed by atoms with Gasteiger partial charge in [0.05, 0.1) is 0 Å². The van der Waals surface area contributed by atoms with Gasteiger partial charge in [-0.1, -0.05) is 12.2 Å². The molecule has 0 spiro atoms. The van der Waals surface area contributed by atoms with Crippen LogP contribution in [0.3, 0.4) is 0 Å². The molecule has 2 nitrogen and oxygen atoms in total. The van der Waals surface area contributed by atoms with E-state index in [1.165, 1.54) is 0 Å². The lowest BCUT2D eigenvalue weighted by atomic mass is 10.1. The lowest BCUT2D eigenvalue weighted by Gasteiger charge is -2.03. The van der Waals surface area contributed by atoms with Gasteiger partial charge in [-0.3, -0.25) is 5.73 Å². The van der Waals surface area contributed by atoms with Crippen molar-refractivity contribution in [2.24, 2.45) is 0 Å². The van der Waals surface area contributed by atoms with Crippen molar-refractivity contribution in [3.8, 4) is 0 Å². The molecule has 1 heterocycles. The molecule has 1 aliphatic heterocycles. The molecule has 0 fully saturated rings. The van der Waals surface area contributed by atoms with Crippen LogP contribution in [-0.4, -0.2) is 17.0 Å². The minimum absolute atomic E-state index is 0.333. The first kappa shape index (κ1) is 5.99. The highest BCUT2D eigenvalue weighted by Crippen LogP contribution is 2.08. The summed E-state index contributed by atoms with van der Waals surface area (Å²) in [6, 6.07) is 0. The zero-order chi connectivity index (χ0) is 7.68. The number of nitrogens with zero attached hydrogens (tertiary/aromatic N) is 1. The van der Waals surface area contributed by atoms with Crippen molar-refractivity contribution in [3.63, 3.8) is 0 Å². The van der Waals surface area contributed by atoms with Crippen molar-refractivity contribution < 1.29 is 5.11 Å². The SMILES string of the molecule is [OH2+]C1=[C-]C=C=C2C=CC=[N+]=C21. The zero-order valence-corrected chi connectivity index (χ0v) is 5.76. The van der Waals surface area contributed by atoms with E-state index in [1.54, 1.807) is 12.3 Å². The van der Waals surface area contributed by atoms with Gasteiger partial charge in [0.15, 0.2) is 0 Å². The van der Waals surface area contributed by atoms with Crippen LogP contribution in [0.5, 0.6) is 0 Å². The van der Waals surface area contributed by atoms with E-state index in [0.717, 1.165) is 5.57 Å². The Bertz CT molecular complexity index is 384. The van der Waals surface area contributed by atoms with Crippen LogP contribution in [0.4, 0.5) is 0 Å². The molecule has 0 unspecified atom stereocenters.